The highest BCUT2D eigenvalue weighted by Crippen LogP contribution is 2.28. The first-order chi connectivity index (χ1) is 15.3. The van der Waals surface area contributed by atoms with Gasteiger partial charge >= 0.3 is 0 Å². The van der Waals surface area contributed by atoms with E-state index in [4.69, 9.17) is 0 Å². The molecule has 1 amide bonds. The normalized spacial score (nSPS) is 21.5. The van der Waals surface area contributed by atoms with Crippen LogP contribution in [0, 0.1) is 25.2 Å². The predicted molar refractivity (Wildman–Crippen MR) is 126 cm³/mol. The maximum Gasteiger partial charge on any atom is 0.239 e. The Hall–Kier alpha value is -2.19. The Balaban J connectivity index is 1.38. The minimum absolute atomic E-state index is 0.112. The van der Waals surface area contributed by atoms with Crippen LogP contribution in [0.4, 0.5) is 5.82 Å². The standard InChI is InChI=1S/C22H29N5O3S2/c1-16-17(2)27(13-19-4-3-10-31-19)22(20(16)12-23)24-21(28)14-25-6-8-26(9-7-25)18-5-11-32(29,30)15-18/h3-4,10,18H,5-9,11,13-15H2,1-2H3,(H,24,28)/t18-/m0/s1. The van der Waals surface area contributed by atoms with Crippen molar-refractivity contribution in [3.8, 4) is 6.07 Å². The van der Waals surface area contributed by atoms with E-state index < -0.39 is 9.84 Å². The molecule has 4 rings (SSSR count). The summed E-state index contributed by atoms with van der Waals surface area (Å²) in [4.78, 5) is 18.4. The van der Waals surface area contributed by atoms with E-state index in [0.717, 1.165) is 42.3 Å². The van der Waals surface area contributed by atoms with Crippen LogP contribution >= 0.6 is 11.3 Å². The fraction of sp³-hybridized carbons (Fsp3) is 0.545. The second-order valence-corrected chi connectivity index (χ2v) is 11.9. The Morgan fingerprint density at radius 2 is 2.03 bits per heavy atom. The zero-order valence-electron chi connectivity index (χ0n) is 18.5. The second kappa shape index (κ2) is 9.35. The summed E-state index contributed by atoms with van der Waals surface area (Å²) in [7, 11) is -2.89. The van der Waals surface area contributed by atoms with Gasteiger partial charge in [-0.05, 0) is 37.3 Å². The monoisotopic (exact) mass is 475 g/mol. The van der Waals surface area contributed by atoms with Crippen molar-refractivity contribution in [1.29, 1.82) is 5.26 Å². The van der Waals surface area contributed by atoms with Gasteiger partial charge < -0.3 is 9.88 Å². The van der Waals surface area contributed by atoms with E-state index in [1.807, 2.05) is 35.9 Å². The number of nitrogens with zero attached hydrogens (tertiary/aromatic N) is 4. The molecule has 0 spiro atoms. The van der Waals surface area contributed by atoms with Crippen molar-refractivity contribution in [1.82, 2.24) is 14.4 Å². The van der Waals surface area contributed by atoms with Crippen LogP contribution < -0.4 is 5.32 Å². The average Bonchev–Trinajstić information content (AvgIpc) is 3.45. The van der Waals surface area contributed by atoms with Crippen LogP contribution in [0.2, 0.25) is 0 Å². The minimum atomic E-state index is -2.89. The van der Waals surface area contributed by atoms with E-state index in [1.165, 1.54) is 0 Å². The van der Waals surface area contributed by atoms with Gasteiger partial charge in [-0.25, -0.2) is 8.42 Å². The summed E-state index contributed by atoms with van der Waals surface area (Å²) in [5, 5.41) is 14.7. The molecule has 2 fully saturated rings. The third kappa shape index (κ3) is 4.91. The number of amides is 1. The van der Waals surface area contributed by atoms with E-state index >= 15 is 0 Å². The third-order valence-electron chi connectivity index (χ3n) is 6.59. The molecule has 10 heteroatoms. The molecule has 32 heavy (non-hydrogen) atoms. The maximum absolute atomic E-state index is 12.9. The molecule has 2 aliphatic rings. The molecule has 0 aliphatic carbocycles. The lowest BCUT2D eigenvalue weighted by molar-refractivity contribution is -0.117. The van der Waals surface area contributed by atoms with Gasteiger partial charge in [0.1, 0.15) is 11.9 Å². The lowest BCUT2D eigenvalue weighted by atomic mass is 10.2. The summed E-state index contributed by atoms with van der Waals surface area (Å²) in [6.07, 6.45) is 0.708. The summed E-state index contributed by atoms with van der Waals surface area (Å²) in [5.41, 5.74) is 2.38. The zero-order chi connectivity index (χ0) is 22.9. The van der Waals surface area contributed by atoms with E-state index in [9.17, 15) is 18.5 Å². The van der Waals surface area contributed by atoms with Crippen molar-refractivity contribution in [2.24, 2.45) is 0 Å². The fourth-order valence-electron chi connectivity index (χ4n) is 4.61. The third-order valence-corrected chi connectivity index (χ3v) is 9.20. The zero-order valence-corrected chi connectivity index (χ0v) is 20.1. The summed E-state index contributed by atoms with van der Waals surface area (Å²) in [6.45, 7) is 7.74. The molecule has 8 nitrogen and oxygen atoms in total. The highest BCUT2D eigenvalue weighted by molar-refractivity contribution is 7.91. The predicted octanol–water partition coefficient (Wildman–Crippen LogP) is 1.83. The van der Waals surface area contributed by atoms with E-state index in [-0.39, 0.29) is 30.0 Å². The van der Waals surface area contributed by atoms with Crippen LogP contribution in [-0.4, -0.2) is 79.0 Å². The van der Waals surface area contributed by atoms with Crippen molar-refractivity contribution < 1.29 is 13.2 Å². The van der Waals surface area contributed by atoms with Crippen LogP contribution in [-0.2, 0) is 21.2 Å². The summed E-state index contributed by atoms with van der Waals surface area (Å²) in [5.74, 6) is 0.967. The van der Waals surface area contributed by atoms with Gasteiger partial charge in [-0.3, -0.25) is 14.6 Å². The molecule has 0 bridgehead atoms. The average molecular weight is 476 g/mol. The van der Waals surface area contributed by atoms with Crippen molar-refractivity contribution in [2.45, 2.75) is 32.9 Å². The van der Waals surface area contributed by atoms with Gasteiger partial charge in [0, 0.05) is 42.8 Å². The fourth-order valence-corrected chi connectivity index (χ4v) is 7.07. The minimum Gasteiger partial charge on any atom is -0.325 e. The lowest BCUT2D eigenvalue weighted by Crippen LogP contribution is -2.52. The van der Waals surface area contributed by atoms with Crippen molar-refractivity contribution in [2.75, 3.05) is 49.5 Å². The Bertz CT molecular complexity index is 1120. The Labute approximate surface area is 193 Å². The molecule has 1 N–H and O–H groups in total. The number of thiophene rings is 1. The molecule has 2 aromatic rings. The number of rotatable bonds is 6. The number of nitriles is 1. The number of piperazine rings is 1. The summed E-state index contributed by atoms with van der Waals surface area (Å²) < 4.78 is 25.5. The van der Waals surface area contributed by atoms with Crippen molar-refractivity contribution in [3.63, 3.8) is 0 Å². The van der Waals surface area contributed by atoms with Crippen LogP contribution in [0.3, 0.4) is 0 Å². The number of carbonyl (C=O) groups excluding carboxylic acids is 1. The topological polar surface area (TPSA) is 98.4 Å². The number of anilines is 1. The van der Waals surface area contributed by atoms with E-state index in [2.05, 4.69) is 21.2 Å². The number of hydrogen-bond donors (Lipinski definition) is 1. The maximum atomic E-state index is 12.9. The number of nitrogens with one attached hydrogen (secondary N) is 1. The number of sulfone groups is 1. The highest BCUT2D eigenvalue weighted by Gasteiger charge is 2.34. The molecule has 0 aromatic carbocycles. The number of carbonyl (C=O) groups is 1. The summed E-state index contributed by atoms with van der Waals surface area (Å²) >= 11 is 1.65. The lowest BCUT2D eigenvalue weighted by Gasteiger charge is -2.37. The SMILES string of the molecule is Cc1c(C#N)c(NC(=O)CN2CCN([C@H]3CCS(=O)(=O)C3)CC2)n(Cc2cccs2)c1C. The molecule has 4 heterocycles. The summed E-state index contributed by atoms with van der Waals surface area (Å²) in [6, 6.07) is 6.41. The van der Waals surface area contributed by atoms with Crippen LogP contribution in [0.25, 0.3) is 0 Å². The van der Waals surface area contributed by atoms with Gasteiger partial charge in [0.05, 0.1) is 30.2 Å². The molecule has 2 saturated heterocycles. The quantitative estimate of drug-likeness (QED) is 0.685. The van der Waals surface area contributed by atoms with Crippen molar-refractivity contribution >= 4 is 32.9 Å². The number of hydrogen-bond acceptors (Lipinski definition) is 7. The smallest absolute Gasteiger partial charge is 0.239 e. The number of aromatic nitrogens is 1. The largest absolute Gasteiger partial charge is 0.325 e. The highest BCUT2D eigenvalue weighted by atomic mass is 32.2. The van der Waals surface area contributed by atoms with Gasteiger partial charge in [0.15, 0.2) is 9.84 Å². The second-order valence-electron chi connectivity index (χ2n) is 8.63. The Morgan fingerprint density at radius 3 is 2.62 bits per heavy atom. The molecule has 1 atom stereocenters. The van der Waals surface area contributed by atoms with Gasteiger partial charge in [-0.1, -0.05) is 6.07 Å². The molecule has 172 valence electrons. The van der Waals surface area contributed by atoms with Crippen LogP contribution in [0.15, 0.2) is 17.5 Å². The van der Waals surface area contributed by atoms with Crippen LogP contribution in [0.1, 0.15) is 28.1 Å². The molecular weight excluding hydrogens is 446 g/mol. The van der Waals surface area contributed by atoms with E-state index in [1.54, 1.807) is 11.3 Å². The first kappa shape index (κ1) is 23.0. The molecular formula is C22H29N5O3S2. The van der Waals surface area contributed by atoms with Gasteiger partial charge in [-0.2, -0.15) is 5.26 Å². The molecule has 2 aromatic heterocycles. The van der Waals surface area contributed by atoms with Crippen molar-refractivity contribution in [3.05, 3.63) is 39.2 Å². The van der Waals surface area contributed by atoms with E-state index in [0.29, 0.717) is 24.3 Å². The van der Waals surface area contributed by atoms with Gasteiger partial charge in [0.25, 0.3) is 0 Å². The molecule has 0 radical (unpaired) electrons. The molecule has 0 saturated carbocycles. The molecule has 0 unspecified atom stereocenters. The van der Waals surface area contributed by atoms with Crippen LogP contribution in [0.5, 0.6) is 0 Å². The first-order valence-electron chi connectivity index (χ1n) is 10.9. The Kier molecular flexibility index (Phi) is 6.72. The molecule has 2 aliphatic heterocycles. The Morgan fingerprint density at radius 1 is 1.28 bits per heavy atom. The van der Waals surface area contributed by atoms with Gasteiger partial charge in [0.2, 0.25) is 5.91 Å². The van der Waals surface area contributed by atoms with Gasteiger partial charge in [-0.15, -0.1) is 11.3 Å². The first-order valence-corrected chi connectivity index (χ1v) is 13.6.